The standard InChI is InChI=1S/C20H20ClN3O3/c1-12(18(22-13(2)25)15-5-4-6-16(21)11-15)20-23-19(24-27-20)14-7-9-17(26-3)10-8-14/h4-12,18H,1-3H3,(H,22,25). The van der Waals surface area contributed by atoms with Crippen molar-refractivity contribution in [2.75, 3.05) is 7.11 Å². The number of aromatic nitrogens is 2. The van der Waals surface area contributed by atoms with E-state index in [2.05, 4.69) is 15.5 Å². The monoisotopic (exact) mass is 385 g/mol. The lowest BCUT2D eigenvalue weighted by atomic mass is 9.94. The zero-order valence-electron chi connectivity index (χ0n) is 15.3. The smallest absolute Gasteiger partial charge is 0.232 e. The van der Waals surface area contributed by atoms with Crippen LogP contribution in [0.1, 0.15) is 37.3 Å². The van der Waals surface area contributed by atoms with E-state index in [9.17, 15) is 4.79 Å². The van der Waals surface area contributed by atoms with Crippen LogP contribution in [-0.4, -0.2) is 23.2 Å². The molecule has 0 radical (unpaired) electrons. The third-order valence-electron chi connectivity index (χ3n) is 4.25. The number of nitrogens with zero attached hydrogens (tertiary/aromatic N) is 2. The summed E-state index contributed by atoms with van der Waals surface area (Å²) in [6, 6.07) is 14.4. The molecule has 2 atom stereocenters. The Morgan fingerprint density at radius 2 is 1.96 bits per heavy atom. The Morgan fingerprint density at radius 3 is 2.59 bits per heavy atom. The number of nitrogens with one attached hydrogen (secondary N) is 1. The Bertz CT molecular complexity index is 924. The first kappa shape index (κ1) is 18.9. The van der Waals surface area contributed by atoms with Crippen molar-refractivity contribution in [1.82, 2.24) is 15.5 Å². The van der Waals surface area contributed by atoms with E-state index in [1.165, 1.54) is 6.92 Å². The molecule has 0 aliphatic heterocycles. The van der Waals surface area contributed by atoms with Crippen LogP contribution in [0.5, 0.6) is 5.75 Å². The molecule has 27 heavy (non-hydrogen) atoms. The fourth-order valence-corrected chi connectivity index (χ4v) is 3.03. The fourth-order valence-electron chi connectivity index (χ4n) is 2.84. The summed E-state index contributed by atoms with van der Waals surface area (Å²) < 4.78 is 10.6. The number of methoxy groups -OCH3 is 1. The highest BCUT2D eigenvalue weighted by molar-refractivity contribution is 6.30. The number of hydrogen-bond acceptors (Lipinski definition) is 5. The van der Waals surface area contributed by atoms with Crippen LogP contribution in [0, 0.1) is 0 Å². The predicted octanol–water partition coefficient (Wildman–Crippen LogP) is 4.38. The largest absolute Gasteiger partial charge is 0.497 e. The van der Waals surface area contributed by atoms with Crippen molar-refractivity contribution >= 4 is 17.5 Å². The Hall–Kier alpha value is -2.86. The molecule has 1 N–H and O–H groups in total. The zero-order chi connectivity index (χ0) is 19.4. The van der Waals surface area contributed by atoms with Crippen molar-refractivity contribution in [3.05, 3.63) is 65.0 Å². The third-order valence-corrected chi connectivity index (χ3v) is 4.48. The van der Waals surface area contributed by atoms with Crippen LogP contribution in [0.25, 0.3) is 11.4 Å². The minimum atomic E-state index is -0.342. The average Bonchev–Trinajstić information content (AvgIpc) is 3.15. The number of amides is 1. The number of carbonyl (C=O) groups excluding carboxylic acids is 1. The van der Waals surface area contributed by atoms with Gasteiger partial charge in [-0.15, -0.1) is 0 Å². The van der Waals surface area contributed by atoms with Crippen molar-refractivity contribution < 1.29 is 14.1 Å². The number of carbonyl (C=O) groups is 1. The van der Waals surface area contributed by atoms with E-state index in [4.69, 9.17) is 20.9 Å². The zero-order valence-corrected chi connectivity index (χ0v) is 16.0. The molecule has 1 amide bonds. The lowest BCUT2D eigenvalue weighted by Crippen LogP contribution is -2.30. The Labute approximate surface area is 162 Å². The van der Waals surface area contributed by atoms with Gasteiger partial charge < -0.3 is 14.6 Å². The normalized spacial score (nSPS) is 13.0. The van der Waals surface area contributed by atoms with Crippen LogP contribution in [0.4, 0.5) is 0 Å². The van der Waals surface area contributed by atoms with Crippen LogP contribution in [-0.2, 0) is 4.79 Å². The molecular weight excluding hydrogens is 366 g/mol. The predicted molar refractivity (Wildman–Crippen MR) is 103 cm³/mol. The maximum atomic E-state index is 11.7. The SMILES string of the molecule is COc1ccc(-c2noc(C(C)C(NC(C)=O)c3cccc(Cl)c3)n2)cc1. The van der Waals surface area contributed by atoms with Crippen molar-refractivity contribution in [2.24, 2.45) is 0 Å². The van der Waals surface area contributed by atoms with E-state index in [-0.39, 0.29) is 17.9 Å². The molecule has 140 valence electrons. The van der Waals surface area contributed by atoms with Crippen LogP contribution < -0.4 is 10.1 Å². The maximum absolute atomic E-state index is 11.7. The molecule has 0 saturated heterocycles. The fraction of sp³-hybridized carbons (Fsp3) is 0.250. The molecule has 6 nitrogen and oxygen atoms in total. The highest BCUT2D eigenvalue weighted by atomic mass is 35.5. The topological polar surface area (TPSA) is 77.3 Å². The van der Waals surface area contributed by atoms with Crippen LogP contribution >= 0.6 is 11.6 Å². The second kappa shape index (κ2) is 8.22. The number of benzene rings is 2. The summed E-state index contributed by atoms with van der Waals surface area (Å²) in [5, 5.41) is 7.61. The number of halogens is 1. The molecule has 0 bridgehead atoms. The number of hydrogen-bond donors (Lipinski definition) is 1. The quantitative estimate of drug-likeness (QED) is 0.681. The number of ether oxygens (including phenoxy) is 1. The van der Waals surface area contributed by atoms with E-state index >= 15 is 0 Å². The lowest BCUT2D eigenvalue weighted by Gasteiger charge is -2.22. The van der Waals surface area contributed by atoms with Gasteiger partial charge in [0, 0.05) is 17.5 Å². The minimum Gasteiger partial charge on any atom is -0.497 e. The summed E-state index contributed by atoms with van der Waals surface area (Å²) in [5.41, 5.74) is 1.69. The molecule has 0 aliphatic rings. The lowest BCUT2D eigenvalue weighted by molar-refractivity contribution is -0.119. The molecule has 0 saturated carbocycles. The van der Waals surface area contributed by atoms with Gasteiger partial charge in [0.05, 0.1) is 19.1 Å². The highest BCUT2D eigenvalue weighted by Gasteiger charge is 2.27. The van der Waals surface area contributed by atoms with Gasteiger partial charge in [-0.25, -0.2) is 0 Å². The Kier molecular flexibility index (Phi) is 5.76. The van der Waals surface area contributed by atoms with E-state index in [0.717, 1.165) is 16.9 Å². The molecule has 0 fully saturated rings. The first-order valence-corrected chi connectivity index (χ1v) is 8.86. The van der Waals surface area contributed by atoms with Crippen molar-refractivity contribution in [3.8, 4) is 17.1 Å². The molecular formula is C20H20ClN3O3. The summed E-state index contributed by atoms with van der Waals surface area (Å²) >= 11 is 6.11. The third kappa shape index (κ3) is 4.46. The summed E-state index contributed by atoms with van der Waals surface area (Å²) in [4.78, 5) is 16.2. The molecule has 3 rings (SSSR count). The van der Waals surface area contributed by atoms with Crippen LogP contribution in [0.2, 0.25) is 5.02 Å². The van der Waals surface area contributed by atoms with Gasteiger partial charge in [0.2, 0.25) is 17.6 Å². The van der Waals surface area contributed by atoms with Crippen molar-refractivity contribution in [3.63, 3.8) is 0 Å². The Morgan fingerprint density at radius 1 is 1.22 bits per heavy atom. The van der Waals surface area contributed by atoms with Gasteiger partial charge in [0.1, 0.15) is 5.75 Å². The van der Waals surface area contributed by atoms with Gasteiger partial charge >= 0.3 is 0 Å². The first-order chi connectivity index (χ1) is 13.0. The van der Waals surface area contributed by atoms with E-state index in [0.29, 0.717) is 16.7 Å². The summed E-state index contributed by atoms with van der Waals surface area (Å²) in [7, 11) is 1.61. The van der Waals surface area contributed by atoms with Crippen molar-refractivity contribution in [1.29, 1.82) is 0 Å². The van der Waals surface area contributed by atoms with Crippen LogP contribution in [0.15, 0.2) is 53.1 Å². The molecule has 0 aliphatic carbocycles. The molecule has 1 heterocycles. The summed E-state index contributed by atoms with van der Waals surface area (Å²) in [6.45, 7) is 3.40. The van der Waals surface area contributed by atoms with E-state index in [1.54, 1.807) is 13.2 Å². The summed E-state index contributed by atoms with van der Waals surface area (Å²) in [6.07, 6.45) is 0. The van der Waals surface area contributed by atoms with Gasteiger partial charge in [0.25, 0.3) is 0 Å². The molecule has 2 aromatic carbocycles. The molecule has 1 aromatic heterocycles. The van der Waals surface area contributed by atoms with E-state index in [1.807, 2.05) is 49.4 Å². The molecule has 2 unspecified atom stereocenters. The highest BCUT2D eigenvalue weighted by Crippen LogP contribution is 2.32. The van der Waals surface area contributed by atoms with Gasteiger partial charge in [-0.05, 0) is 42.0 Å². The van der Waals surface area contributed by atoms with Crippen LogP contribution in [0.3, 0.4) is 0 Å². The second-order valence-electron chi connectivity index (χ2n) is 6.21. The van der Waals surface area contributed by atoms with Gasteiger partial charge in [-0.3, -0.25) is 4.79 Å². The van der Waals surface area contributed by atoms with Crippen molar-refractivity contribution in [2.45, 2.75) is 25.8 Å². The minimum absolute atomic E-state index is 0.151. The van der Waals surface area contributed by atoms with Gasteiger partial charge in [-0.2, -0.15) is 4.98 Å². The molecule has 3 aromatic rings. The first-order valence-electron chi connectivity index (χ1n) is 8.48. The average molecular weight is 386 g/mol. The Balaban J connectivity index is 1.88. The maximum Gasteiger partial charge on any atom is 0.232 e. The van der Waals surface area contributed by atoms with Gasteiger partial charge in [-0.1, -0.05) is 35.8 Å². The summed E-state index contributed by atoms with van der Waals surface area (Å²) in [5.74, 6) is 1.27. The number of rotatable bonds is 6. The molecule has 0 spiro atoms. The van der Waals surface area contributed by atoms with E-state index < -0.39 is 0 Å². The molecule has 7 heteroatoms. The second-order valence-corrected chi connectivity index (χ2v) is 6.64. The van der Waals surface area contributed by atoms with Gasteiger partial charge in [0.15, 0.2) is 0 Å².